The minimum Gasteiger partial charge on any atom is -0.493 e. The first-order valence-corrected chi connectivity index (χ1v) is 12.8. The van der Waals surface area contributed by atoms with Gasteiger partial charge in [0.1, 0.15) is 6.61 Å². The molecule has 37 heavy (non-hydrogen) atoms. The number of thioether (sulfide) groups is 1. The highest BCUT2D eigenvalue weighted by molar-refractivity contribution is 9.10. The summed E-state index contributed by atoms with van der Waals surface area (Å²) in [7, 11) is 1.49. The Labute approximate surface area is 225 Å². The molecule has 2 N–H and O–H groups in total. The van der Waals surface area contributed by atoms with Crippen LogP contribution in [-0.2, 0) is 11.4 Å². The van der Waals surface area contributed by atoms with E-state index in [0.717, 1.165) is 28.6 Å². The highest BCUT2D eigenvalue weighted by atomic mass is 79.9. The molecular formula is C25H23BrN6O4S. The van der Waals surface area contributed by atoms with E-state index in [1.54, 1.807) is 10.7 Å². The summed E-state index contributed by atoms with van der Waals surface area (Å²) in [4.78, 5) is 25.1. The van der Waals surface area contributed by atoms with Crippen LogP contribution in [0.2, 0.25) is 0 Å². The fraction of sp³-hybridized carbons (Fsp3) is 0.160. The third-order valence-corrected chi connectivity index (χ3v) is 6.66. The number of ether oxygens (including phenoxy) is 2. The molecule has 1 aromatic heterocycles. The number of methoxy groups -OCH3 is 1. The van der Waals surface area contributed by atoms with Gasteiger partial charge in [0.2, 0.25) is 11.1 Å². The number of benzene rings is 3. The second-order valence-electron chi connectivity index (χ2n) is 7.71. The van der Waals surface area contributed by atoms with Gasteiger partial charge in [0.25, 0.3) is 5.91 Å². The van der Waals surface area contributed by atoms with Gasteiger partial charge in [-0.3, -0.25) is 20.4 Å². The molecule has 4 aromatic rings. The molecule has 0 aliphatic rings. The largest absolute Gasteiger partial charge is 0.493 e. The molecule has 0 aliphatic heterocycles. The Bertz CT molecular complexity index is 1400. The summed E-state index contributed by atoms with van der Waals surface area (Å²) in [6.45, 7) is 2.28. The van der Waals surface area contributed by atoms with Crippen molar-refractivity contribution >= 4 is 39.5 Å². The monoisotopic (exact) mass is 582 g/mol. The van der Waals surface area contributed by atoms with E-state index in [-0.39, 0.29) is 11.3 Å². The summed E-state index contributed by atoms with van der Waals surface area (Å²) in [5, 5.41) is 12.2. The second-order valence-corrected chi connectivity index (χ2v) is 9.51. The van der Waals surface area contributed by atoms with Crippen molar-refractivity contribution in [2.75, 3.05) is 12.9 Å². The fourth-order valence-corrected chi connectivity index (χ4v) is 4.55. The first-order chi connectivity index (χ1) is 18.0. The molecule has 12 heteroatoms. The second kappa shape index (κ2) is 12.4. The molecule has 0 radical (unpaired) electrons. The molecule has 2 amide bonds. The number of amides is 2. The number of hydrogen-bond acceptors (Lipinski definition) is 8. The zero-order chi connectivity index (χ0) is 26.2. The molecule has 0 atom stereocenters. The van der Waals surface area contributed by atoms with Crippen molar-refractivity contribution in [2.45, 2.75) is 18.7 Å². The van der Waals surface area contributed by atoms with Gasteiger partial charge in [0, 0.05) is 5.56 Å². The van der Waals surface area contributed by atoms with Crippen molar-refractivity contribution in [3.8, 4) is 17.2 Å². The Kier molecular flexibility index (Phi) is 8.75. The van der Waals surface area contributed by atoms with Crippen molar-refractivity contribution in [1.82, 2.24) is 31.1 Å². The average molecular weight is 583 g/mol. The summed E-state index contributed by atoms with van der Waals surface area (Å²) in [5.41, 5.74) is 7.89. The van der Waals surface area contributed by atoms with E-state index in [1.165, 1.54) is 13.2 Å². The lowest BCUT2D eigenvalue weighted by atomic mass is 10.2. The van der Waals surface area contributed by atoms with Crippen molar-refractivity contribution < 1.29 is 19.1 Å². The number of rotatable bonds is 9. The van der Waals surface area contributed by atoms with E-state index >= 15 is 0 Å². The zero-order valence-corrected chi connectivity index (χ0v) is 22.4. The Morgan fingerprint density at radius 3 is 2.57 bits per heavy atom. The van der Waals surface area contributed by atoms with Gasteiger partial charge < -0.3 is 9.47 Å². The number of aromatic nitrogens is 4. The minimum atomic E-state index is -0.517. The number of nitrogens with one attached hydrogen (secondary N) is 2. The summed E-state index contributed by atoms with van der Waals surface area (Å²) in [5.74, 6) is -0.107. The van der Waals surface area contributed by atoms with E-state index in [2.05, 4.69) is 42.3 Å². The van der Waals surface area contributed by atoms with Crippen molar-refractivity contribution in [2.24, 2.45) is 0 Å². The van der Waals surface area contributed by atoms with Crippen molar-refractivity contribution in [3.63, 3.8) is 0 Å². The number of carbonyl (C=O) groups excluding carboxylic acids is 2. The number of tetrazole rings is 1. The van der Waals surface area contributed by atoms with Crippen LogP contribution >= 0.6 is 27.7 Å². The van der Waals surface area contributed by atoms with Crippen LogP contribution in [0.4, 0.5) is 0 Å². The average Bonchev–Trinajstić information content (AvgIpc) is 3.38. The van der Waals surface area contributed by atoms with Crippen LogP contribution in [0.5, 0.6) is 11.5 Å². The molecule has 10 nitrogen and oxygen atoms in total. The number of para-hydroxylation sites is 1. The van der Waals surface area contributed by atoms with Crippen LogP contribution in [0, 0.1) is 6.92 Å². The lowest BCUT2D eigenvalue weighted by Crippen LogP contribution is -2.42. The fourth-order valence-electron chi connectivity index (χ4n) is 3.31. The SMILES string of the molecule is COc1cc(C(=O)NNC(=O)CSc2nnnn2-c2ccccc2C)cc(Br)c1OCc1ccccc1. The molecule has 4 rings (SSSR count). The van der Waals surface area contributed by atoms with Gasteiger partial charge >= 0.3 is 0 Å². The molecule has 0 aliphatic carbocycles. The van der Waals surface area contributed by atoms with E-state index in [1.807, 2.05) is 61.5 Å². The zero-order valence-electron chi connectivity index (χ0n) is 20.0. The molecule has 0 saturated heterocycles. The Balaban J connectivity index is 1.33. The highest BCUT2D eigenvalue weighted by Crippen LogP contribution is 2.37. The van der Waals surface area contributed by atoms with E-state index < -0.39 is 11.8 Å². The van der Waals surface area contributed by atoms with Gasteiger partial charge in [-0.05, 0) is 62.6 Å². The van der Waals surface area contributed by atoms with Gasteiger partial charge in [-0.2, -0.15) is 4.68 Å². The topological polar surface area (TPSA) is 120 Å². The number of halogens is 1. The summed E-state index contributed by atoms with van der Waals surface area (Å²) in [6, 6.07) is 20.5. The Hall–Kier alpha value is -3.90. The summed E-state index contributed by atoms with van der Waals surface area (Å²) < 4.78 is 13.4. The van der Waals surface area contributed by atoms with Crippen molar-refractivity contribution in [3.05, 3.63) is 87.9 Å². The molecule has 0 saturated carbocycles. The third kappa shape index (κ3) is 6.66. The lowest BCUT2D eigenvalue weighted by Gasteiger charge is -2.15. The summed E-state index contributed by atoms with van der Waals surface area (Å²) in [6.07, 6.45) is 0. The summed E-state index contributed by atoms with van der Waals surface area (Å²) >= 11 is 4.59. The van der Waals surface area contributed by atoms with Crippen LogP contribution in [0.15, 0.2) is 76.4 Å². The molecule has 0 spiro atoms. The molecule has 1 heterocycles. The first-order valence-electron chi connectivity index (χ1n) is 11.1. The molecule has 0 unspecified atom stereocenters. The van der Waals surface area contributed by atoms with Crippen LogP contribution in [-0.4, -0.2) is 44.9 Å². The number of aryl methyl sites for hydroxylation is 1. The molecule has 0 bridgehead atoms. The third-order valence-electron chi connectivity index (χ3n) is 5.15. The van der Waals surface area contributed by atoms with Crippen molar-refractivity contribution in [1.29, 1.82) is 0 Å². The minimum absolute atomic E-state index is 0.00812. The van der Waals surface area contributed by atoms with Gasteiger partial charge in [0.15, 0.2) is 11.5 Å². The number of hydrazine groups is 1. The van der Waals surface area contributed by atoms with Gasteiger partial charge in [0.05, 0.1) is 23.0 Å². The first kappa shape index (κ1) is 26.2. The Morgan fingerprint density at radius 1 is 1.05 bits per heavy atom. The molecule has 190 valence electrons. The van der Waals surface area contributed by atoms with Crippen LogP contribution in [0.1, 0.15) is 21.5 Å². The molecule has 3 aromatic carbocycles. The van der Waals surface area contributed by atoms with Gasteiger partial charge in [-0.25, -0.2) is 0 Å². The van der Waals surface area contributed by atoms with Crippen LogP contribution in [0.25, 0.3) is 5.69 Å². The van der Waals surface area contributed by atoms with Gasteiger partial charge in [-0.1, -0.05) is 60.3 Å². The maximum Gasteiger partial charge on any atom is 0.269 e. The number of hydrogen-bond donors (Lipinski definition) is 2. The van der Waals surface area contributed by atoms with E-state index in [4.69, 9.17) is 9.47 Å². The maximum absolute atomic E-state index is 12.7. The predicted octanol–water partition coefficient (Wildman–Crippen LogP) is 3.87. The smallest absolute Gasteiger partial charge is 0.269 e. The Morgan fingerprint density at radius 2 is 1.81 bits per heavy atom. The van der Waals surface area contributed by atoms with Crippen LogP contribution in [0.3, 0.4) is 0 Å². The number of nitrogens with zero attached hydrogens (tertiary/aromatic N) is 4. The number of carbonyl (C=O) groups is 2. The normalized spacial score (nSPS) is 10.6. The molecular weight excluding hydrogens is 560 g/mol. The molecule has 0 fully saturated rings. The maximum atomic E-state index is 12.7. The lowest BCUT2D eigenvalue weighted by molar-refractivity contribution is -0.119. The van der Waals surface area contributed by atoms with E-state index in [9.17, 15) is 9.59 Å². The van der Waals surface area contributed by atoms with Crippen LogP contribution < -0.4 is 20.3 Å². The quantitative estimate of drug-likeness (QED) is 0.225. The van der Waals surface area contributed by atoms with Gasteiger partial charge in [-0.15, -0.1) is 5.10 Å². The standard InChI is InChI=1S/C25H23BrN6O4S/c1-16-8-6-7-11-20(16)32-25(29-30-31-32)37-15-22(33)27-28-24(34)18-12-19(26)23(21(13-18)35-2)36-14-17-9-4-3-5-10-17/h3-13H,14-15H2,1-2H3,(H,27,33)(H,28,34). The van der Waals surface area contributed by atoms with E-state index in [0.29, 0.717) is 27.7 Å². The highest BCUT2D eigenvalue weighted by Gasteiger charge is 2.17. The predicted molar refractivity (Wildman–Crippen MR) is 142 cm³/mol.